The van der Waals surface area contributed by atoms with Crippen molar-refractivity contribution in [1.29, 1.82) is 0 Å². The van der Waals surface area contributed by atoms with Crippen molar-refractivity contribution in [3.63, 3.8) is 0 Å². The highest BCUT2D eigenvalue weighted by Gasteiger charge is 2.53. The van der Waals surface area contributed by atoms with Crippen molar-refractivity contribution in [1.82, 2.24) is 0 Å². The maximum atomic E-state index is 6.76. The van der Waals surface area contributed by atoms with E-state index >= 15 is 0 Å². The summed E-state index contributed by atoms with van der Waals surface area (Å²) in [4.78, 5) is 4.73. The predicted molar refractivity (Wildman–Crippen MR) is 317 cm³/mol. The third-order valence-electron chi connectivity index (χ3n) is 16.4. The van der Waals surface area contributed by atoms with E-state index in [4.69, 9.17) is 8.83 Å². The number of fused-ring (bicyclic) bond motifs is 18. The molecule has 0 unspecified atom stereocenters. The first-order valence-electron chi connectivity index (χ1n) is 26.2. The Labute approximate surface area is 441 Å². The first kappa shape index (κ1) is 43.9. The molecule has 360 valence electrons. The highest BCUT2D eigenvalue weighted by Crippen LogP contribution is 2.65. The second kappa shape index (κ2) is 16.7. The first-order chi connectivity index (χ1) is 37.4. The van der Waals surface area contributed by atoms with Crippen LogP contribution in [0.5, 0.6) is 0 Å². The maximum absolute atomic E-state index is 6.76. The van der Waals surface area contributed by atoms with Crippen LogP contribution >= 0.6 is 0 Å². The van der Waals surface area contributed by atoms with Gasteiger partial charge in [0.25, 0.3) is 0 Å². The van der Waals surface area contributed by atoms with Gasteiger partial charge >= 0.3 is 0 Å². The lowest BCUT2D eigenvalue weighted by Crippen LogP contribution is -2.26. The van der Waals surface area contributed by atoms with Gasteiger partial charge in [0, 0.05) is 44.5 Å². The van der Waals surface area contributed by atoms with Crippen molar-refractivity contribution < 1.29 is 8.83 Å². The van der Waals surface area contributed by atoms with Gasteiger partial charge in [-0.2, -0.15) is 0 Å². The summed E-state index contributed by atoms with van der Waals surface area (Å²) in [5, 5.41) is 8.08. The second-order valence-electron chi connectivity index (χ2n) is 20.5. The fraction of sp³-hybridized carbons (Fsp3) is 0.0556. The van der Waals surface area contributed by atoms with Crippen molar-refractivity contribution in [2.24, 2.45) is 0 Å². The van der Waals surface area contributed by atoms with E-state index in [-0.39, 0.29) is 0 Å². The number of benzene rings is 11. The zero-order chi connectivity index (χ0) is 50.8. The molecule has 0 amide bonds. The van der Waals surface area contributed by atoms with Gasteiger partial charge in [0.2, 0.25) is 0 Å². The molecule has 2 aliphatic carbocycles. The summed E-state index contributed by atoms with van der Waals surface area (Å²) in [7, 11) is 0. The molecule has 2 aliphatic rings. The molecule has 0 radical (unpaired) electrons. The fourth-order valence-electron chi connectivity index (χ4n) is 13.2. The van der Waals surface area contributed by atoms with Gasteiger partial charge in [-0.25, -0.2) is 0 Å². The van der Waals surface area contributed by atoms with Gasteiger partial charge < -0.3 is 18.6 Å². The van der Waals surface area contributed by atoms with E-state index in [1.165, 1.54) is 66.2 Å². The minimum Gasteiger partial charge on any atom is -0.454 e. The van der Waals surface area contributed by atoms with Crippen molar-refractivity contribution >= 4 is 88.6 Å². The number of allylic oxidation sites excluding steroid dienone is 2. The molecule has 76 heavy (non-hydrogen) atoms. The molecule has 0 bridgehead atoms. The van der Waals surface area contributed by atoms with Crippen LogP contribution in [0.3, 0.4) is 0 Å². The second-order valence-corrected chi connectivity index (χ2v) is 20.5. The van der Waals surface area contributed by atoms with E-state index in [9.17, 15) is 0 Å². The third-order valence-corrected chi connectivity index (χ3v) is 16.4. The van der Waals surface area contributed by atoms with Gasteiger partial charge in [-0.15, -0.1) is 0 Å². The minimum absolute atomic E-state index is 0.621. The summed E-state index contributed by atoms with van der Waals surface area (Å²) in [6.07, 6.45) is 3.95. The average Bonchev–Trinajstić information content (AvgIpc) is 4.21. The summed E-state index contributed by atoms with van der Waals surface area (Å²) in [5.74, 6) is 0.815. The van der Waals surface area contributed by atoms with Crippen LogP contribution in [-0.2, 0) is 5.41 Å². The normalized spacial score (nSPS) is 13.2. The lowest BCUT2D eigenvalue weighted by molar-refractivity contribution is 0.595. The number of para-hydroxylation sites is 5. The SMILES string of the molecule is C=C/C=C(\c1oc2ccccc2c1C)N(c1ccc2c3c(ccc2c1)-c1ccc2cc(N(c4ccccc4C)c4cccc5c4oc4ccccc45)ccc2c1C31c2ccccc2-c2ccccc21)c1ccccc1C. The third kappa shape index (κ3) is 6.13. The van der Waals surface area contributed by atoms with Gasteiger partial charge in [0.1, 0.15) is 11.2 Å². The van der Waals surface area contributed by atoms with Crippen LogP contribution in [0, 0.1) is 20.8 Å². The van der Waals surface area contributed by atoms with Crippen LogP contribution in [0.4, 0.5) is 28.4 Å². The summed E-state index contributed by atoms with van der Waals surface area (Å²) in [5.41, 5.74) is 21.9. The Morgan fingerprint density at radius 2 is 0.961 bits per heavy atom. The molecule has 2 heterocycles. The summed E-state index contributed by atoms with van der Waals surface area (Å²) < 4.78 is 13.5. The Morgan fingerprint density at radius 1 is 0.434 bits per heavy atom. The minimum atomic E-state index is -0.621. The summed E-state index contributed by atoms with van der Waals surface area (Å²) in [6, 6.07) is 82.2. The molecule has 15 rings (SSSR count). The molecule has 0 atom stereocenters. The van der Waals surface area contributed by atoms with Gasteiger partial charge in [0.05, 0.1) is 16.8 Å². The van der Waals surface area contributed by atoms with Gasteiger partial charge in [0.15, 0.2) is 11.3 Å². The van der Waals surface area contributed by atoms with Crippen LogP contribution in [-0.4, -0.2) is 0 Å². The summed E-state index contributed by atoms with van der Waals surface area (Å²) in [6.45, 7) is 10.7. The van der Waals surface area contributed by atoms with Crippen molar-refractivity contribution in [2.45, 2.75) is 26.2 Å². The Hall–Kier alpha value is -9.64. The molecular weight excluding hydrogens is 925 g/mol. The molecular formula is C72H50N2O2. The molecule has 0 fully saturated rings. The molecule has 4 nitrogen and oxygen atoms in total. The van der Waals surface area contributed by atoms with Crippen LogP contribution in [0.25, 0.3) is 82.4 Å². The van der Waals surface area contributed by atoms with Crippen LogP contribution < -0.4 is 9.80 Å². The van der Waals surface area contributed by atoms with E-state index in [0.717, 1.165) is 89.3 Å². The number of furan rings is 2. The smallest absolute Gasteiger partial charge is 0.159 e. The molecule has 0 saturated heterocycles. The Kier molecular flexibility index (Phi) is 9.64. The largest absolute Gasteiger partial charge is 0.454 e. The fourth-order valence-corrected chi connectivity index (χ4v) is 13.2. The molecule has 0 aliphatic heterocycles. The van der Waals surface area contributed by atoms with E-state index in [2.05, 4.69) is 249 Å². The lowest BCUT2D eigenvalue weighted by Gasteiger charge is -2.33. The quantitative estimate of drug-likeness (QED) is 0.142. The molecule has 1 spiro atoms. The van der Waals surface area contributed by atoms with Gasteiger partial charge in [-0.1, -0.05) is 183 Å². The molecule has 4 heteroatoms. The zero-order valence-electron chi connectivity index (χ0n) is 42.4. The summed E-state index contributed by atoms with van der Waals surface area (Å²) >= 11 is 0. The highest BCUT2D eigenvalue weighted by molar-refractivity contribution is 6.13. The topological polar surface area (TPSA) is 32.8 Å². The Balaban J connectivity index is 0.964. The number of nitrogens with zero attached hydrogens (tertiary/aromatic N) is 2. The number of hydrogen-bond acceptors (Lipinski definition) is 4. The first-order valence-corrected chi connectivity index (χ1v) is 26.2. The lowest BCUT2D eigenvalue weighted by atomic mass is 9.68. The van der Waals surface area contributed by atoms with Crippen LogP contribution in [0.1, 0.15) is 44.7 Å². The Morgan fingerprint density at radius 3 is 1.61 bits per heavy atom. The predicted octanol–water partition coefficient (Wildman–Crippen LogP) is 19.7. The zero-order valence-corrected chi connectivity index (χ0v) is 42.4. The molecule has 2 aromatic heterocycles. The molecule has 0 N–H and O–H groups in total. The molecule has 11 aromatic carbocycles. The van der Waals surface area contributed by atoms with Gasteiger partial charge in [-0.3, -0.25) is 0 Å². The van der Waals surface area contributed by atoms with Crippen molar-refractivity contribution in [3.8, 4) is 22.3 Å². The maximum Gasteiger partial charge on any atom is 0.159 e. The van der Waals surface area contributed by atoms with E-state index in [1.807, 2.05) is 24.3 Å². The highest BCUT2D eigenvalue weighted by atomic mass is 16.3. The van der Waals surface area contributed by atoms with Crippen molar-refractivity contribution in [3.05, 3.63) is 288 Å². The van der Waals surface area contributed by atoms with E-state index in [0.29, 0.717) is 0 Å². The number of rotatable bonds is 8. The standard InChI is InChI=1S/C72H50N2O2/c1-5-19-64(70-46(4)51-22-10-16-32-66(51)75-70)73(62-29-14-6-20-44(62)2)49-36-40-52-47(42-49)34-38-57-58-39-35-48-43-50(37-41-53(48)69(58)72(68(52)57)60-27-12-8-23-54(60)55-24-9-13-28-61(55)72)74(63-30-15-7-21-45(63)3)65-31-18-26-59-56-25-11-17-33-67(56)76-71(59)65/h5-43H,1H2,2-4H3/b64-19+. The van der Waals surface area contributed by atoms with Gasteiger partial charge in [-0.05, 0) is 159 Å². The Bertz CT molecular complexity index is 4580. The van der Waals surface area contributed by atoms with E-state index < -0.39 is 5.41 Å². The van der Waals surface area contributed by atoms with Crippen molar-refractivity contribution in [2.75, 3.05) is 9.80 Å². The van der Waals surface area contributed by atoms with E-state index in [1.54, 1.807) is 0 Å². The number of anilines is 5. The van der Waals surface area contributed by atoms with Crippen LogP contribution in [0.15, 0.2) is 252 Å². The monoisotopic (exact) mass is 974 g/mol. The number of hydrogen-bond donors (Lipinski definition) is 0. The average molecular weight is 975 g/mol. The molecule has 13 aromatic rings. The molecule has 0 saturated carbocycles. The van der Waals surface area contributed by atoms with Crippen LogP contribution in [0.2, 0.25) is 0 Å². The number of aryl methyl sites for hydroxylation is 3.